The van der Waals surface area contributed by atoms with Crippen molar-refractivity contribution in [3.05, 3.63) is 40.2 Å². The first-order chi connectivity index (χ1) is 8.95. The fraction of sp³-hybridized carbons (Fsp3) is 0.154. The molecule has 0 saturated heterocycles. The van der Waals surface area contributed by atoms with Gasteiger partial charge in [-0.2, -0.15) is 0 Å². The number of nitrogens with two attached hydrogens (primary N) is 1. The van der Waals surface area contributed by atoms with Gasteiger partial charge in [0.1, 0.15) is 11.3 Å². The molecule has 0 unspecified atom stereocenters. The zero-order valence-corrected chi connectivity index (χ0v) is 10.1. The number of carbonyl (C=O) groups excluding carboxylic acids is 2. The Morgan fingerprint density at radius 3 is 2.68 bits per heavy atom. The Morgan fingerprint density at radius 2 is 2.05 bits per heavy atom. The van der Waals surface area contributed by atoms with Crippen LogP contribution in [0.15, 0.2) is 33.5 Å². The predicted molar refractivity (Wildman–Crippen MR) is 66.7 cm³/mol. The summed E-state index contributed by atoms with van der Waals surface area (Å²) in [5, 5.41) is 0.578. The van der Waals surface area contributed by atoms with E-state index in [4.69, 9.17) is 14.9 Å². The standard InChI is InChI=1S/C13H11NO5/c1-7(15)18-9-2-3-10-8(4-12(14)16)5-13(17)19-11(10)6-9/h2-3,5-6H,4H2,1H3,(H2,14,16). The molecule has 0 fully saturated rings. The van der Waals surface area contributed by atoms with Gasteiger partial charge in [0, 0.05) is 24.4 Å². The van der Waals surface area contributed by atoms with Gasteiger partial charge in [-0.15, -0.1) is 0 Å². The molecule has 0 radical (unpaired) electrons. The van der Waals surface area contributed by atoms with E-state index in [1.165, 1.54) is 19.1 Å². The van der Waals surface area contributed by atoms with Crippen molar-refractivity contribution in [1.29, 1.82) is 0 Å². The molecule has 19 heavy (non-hydrogen) atoms. The number of primary amides is 1. The van der Waals surface area contributed by atoms with E-state index in [-0.39, 0.29) is 17.8 Å². The lowest BCUT2D eigenvalue weighted by molar-refractivity contribution is -0.131. The van der Waals surface area contributed by atoms with Crippen LogP contribution in [-0.4, -0.2) is 11.9 Å². The number of hydrogen-bond acceptors (Lipinski definition) is 5. The van der Waals surface area contributed by atoms with Crippen LogP contribution >= 0.6 is 0 Å². The number of rotatable bonds is 3. The van der Waals surface area contributed by atoms with Crippen LogP contribution in [0.5, 0.6) is 5.75 Å². The quantitative estimate of drug-likeness (QED) is 0.499. The topological polar surface area (TPSA) is 99.6 Å². The summed E-state index contributed by atoms with van der Waals surface area (Å²) in [6, 6.07) is 5.80. The summed E-state index contributed by atoms with van der Waals surface area (Å²) in [7, 11) is 0. The minimum absolute atomic E-state index is 0.0605. The Labute approximate surface area is 107 Å². The molecule has 6 heteroatoms. The van der Waals surface area contributed by atoms with Crippen molar-refractivity contribution in [2.75, 3.05) is 0 Å². The highest BCUT2D eigenvalue weighted by Gasteiger charge is 2.09. The lowest BCUT2D eigenvalue weighted by Crippen LogP contribution is -2.15. The monoisotopic (exact) mass is 261 g/mol. The molecule has 0 saturated carbocycles. The Kier molecular flexibility index (Phi) is 3.33. The second-order valence-electron chi connectivity index (χ2n) is 3.99. The molecule has 2 aromatic rings. The lowest BCUT2D eigenvalue weighted by Gasteiger charge is -2.05. The van der Waals surface area contributed by atoms with Crippen molar-refractivity contribution in [3.8, 4) is 5.75 Å². The smallest absolute Gasteiger partial charge is 0.336 e. The van der Waals surface area contributed by atoms with Gasteiger partial charge < -0.3 is 14.9 Å². The van der Waals surface area contributed by atoms with Gasteiger partial charge in [0.15, 0.2) is 0 Å². The van der Waals surface area contributed by atoms with Gasteiger partial charge in [0.2, 0.25) is 5.91 Å². The van der Waals surface area contributed by atoms with Crippen LogP contribution in [0.3, 0.4) is 0 Å². The molecule has 98 valence electrons. The fourth-order valence-corrected chi connectivity index (χ4v) is 1.77. The highest BCUT2D eigenvalue weighted by Crippen LogP contribution is 2.23. The third kappa shape index (κ3) is 2.98. The third-order valence-corrected chi connectivity index (χ3v) is 2.43. The van der Waals surface area contributed by atoms with Gasteiger partial charge in [-0.3, -0.25) is 9.59 Å². The number of esters is 1. The first-order valence-electron chi connectivity index (χ1n) is 5.49. The Bertz CT molecular complexity index is 717. The van der Waals surface area contributed by atoms with Gasteiger partial charge in [0.25, 0.3) is 0 Å². The van der Waals surface area contributed by atoms with E-state index >= 15 is 0 Å². The summed E-state index contributed by atoms with van der Waals surface area (Å²) >= 11 is 0. The average Bonchev–Trinajstić information content (AvgIpc) is 2.26. The molecular formula is C13H11NO5. The summed E-state index contributed by atoms with van der Waals surface area (Å²) in [6.07, 6.45) is -0.0605. The summed E-state index contributed by atoms with van der Waals surface area (Å²) in [6.45, 7) is 1.27. The highest BCUT2D eigenvalue weighted by molar-refractivity contribution is 5.87. The van der Waals surface area contributed by atoms with Crippen molar-refractivity contribution in [2.45, 2.75) is 13.3 Å². The fourth-order valence-electron chi connectivity index (χ4n) is 1.77. The summed E-state index contributed by atoms with van der Waals surface area (Å²) in [4.78, 5) is 33.2. The van der Waals surface area contributed by atoms with Crippen molar-refractivity contribution in [2.24, 2.45) is 5.73 Å². The zero-order valence-electron chi connectivity index (χ0n) is 10.1. The van der Waals surface area contributed by atoms with Crippen LogP contribution in [0.4, 0.5) is 0 Å². The van der Waals surface area contributed by atoms with Crippen LogP contribution in [0.2, 0.25) is 0 Å². The van der Waals surface area contributed by atoms with Crippen molar-refractivity contribution in [3.63, 3.8) is 0 Å². The molecule has 0 atom stereocenters. The molecule has 2 rings (SSSR count). The maximum absolute atomic E-state index is 11.4. The largest absolute Gasteiger partial charge is 0.427 e. The molecule has 1 aromatic heterocycles. The molecule has 1 heterocycles. The van der Waals surface area contributed by atoms with E-state index in [1.54, 1.807) is 12.1 Å². The first kappa shape index (κ1) is 12.8. The van der Waals surface area contributed by atoms with E-state index in [0.717, 1.165) is 0 Å². The molecule has 6 nitrogen and oxygen atoms in total. The van der Waals surface area contributed by atoms with Crippen molar-refractivity contribution >= 4 is 22.8 Å². The molecule has 0 aliphatic heterocycles. The highest BCUT2D eigenvalue weighted by atomic mass is 16.5. The van der Waals surface area contributed by atoms with Gasteiger partial charge in [-0.25, -0.2) is 4.79 Å². The molecule has 0 aliphatic rings. The lowest BCUT2D eigenvalue weighted by atomic mass is 10.1. The second kappa shape index (κ2) is 4.93. The molecule has 0 bridgehead atoms. The van der Waals surface area contributed by atoms with E-state index in [2.05, 4.69) is 0 Å². The predicted octanol–water partition coefficient (Wildman–Crippen LogP) is 0.746. The second-order valence-corrected chi connectivity index (χ2v) is 3.99. The maximum atomic E-state index is 11.4. The van der Waals surface area contributed by atoms with Crippen molar-refractivity contribution < 1.29 is 18.7 Å². The average molecular weight is 261 g/mol. The maximum Gasteiger partial charge on any atom is 0.336 e. The van der Waals surface area contributed by atoms with Crippen LogP contribution in [-0.2, 0) is 16.0 Å². The minimum atomic E-state index is -0.594. The van der Waals surface area contributed by atoms with Crippen LogP contribution in [0.25, 0.3) is 11.0 Å². The van der Waals surface area contributed by atoms with Crippen LogP contribution in [0.1, 0.15) is 12.5 Å². The van der Waals surface area contributed by atoms with Crippen LogP contribution in [0, 0.1) is 0 Å². The molecule has 1 amide bonds. The van der Waals surface area contributed by atoms with E-state index in [9.17, 15) is 14.4 Å². The minimum Gasteiger partial charge on any atom is -0.427 e. The van der Waals surface area contributed by atoms with E-state index in [0.29, 0.717) is 10.9 Å². The number of amides is 1. The Morgan fingerprint density at radius 1 is 1.32 bits per heavy atom. The SMILES string of the molecule is CC(=O)Oc1ccc2c(CC(N)=O)cc(=O)oc2c1. The number of ether oxygens (including phenoxy) is 1. The number of carbonyl (C=O) groups is 2. The zero-order chi connectivity index (χ0) is 14.0. The number of fused-ring (bicyclic) bond motifs is 1. The molecule has 1 aromatic carbocycles. The summed E-state index contributed by atoms with van der Waals surface area (Å²) < 4.78 is 9.90. The Balaban J connectivity index is 2.57. The number of hydrogen-bond donors (Lipinski definition) is 1. The third-order valence-electron chi connectivity index (χ3n) is 2.43. The normalized spacial score (nSPS) is 10.4. The summed E-state index contributed by atoms with van der Waals surface area (Å²) in [5.74, 6) is -0.759. The summed E-state index contributed by atoms with van der Waals surface area (Å²) in [5.41, 5.74) is 5.24. The number of benzene rings is 1. The van der Waals surface area contributed by atoms with Crippen LogP contribution < -0.4 is 16.1 Å². The molecule has 2 N–H and O–H groups in total. The van der Waals surface area contributed by atoms with E-state index in [1.807, 2.05) is 0 Å². The van der Waals surface area contributed by atoms with E-state index < -0.39 is 17.5 Å². The van der Waals surface area contributed by atoms with Gasteiger partial charge in [-0.1, -0.05) is 0 Å². The van der Waals surface area contributed by atoms with Gasteiger partial charge in [-0.05, 0) is 17.7 Å². The van der Waals surface area contributed by atoms with Gasteiger partial charge in [0.05, 0.1) is 6.42 Å². The van der Waals surface area contributed by atoms with Crippen molar-refractivity contribution in [1.82, 2.24) is 0 Å². The first-order valence-corrected chi connectivity index (χ1v) is 5.49. The molecular weight excluding hydrogens is 250 g/mol. The molecule has 0 spiro atoms. The van der Waals surface area contributed by atoms with Gasteiger partial charge >= 0.3 is 11.6 Å². The Hall–Kier alpha value is -2.63. The molecule has 0 aliphatic carbocycles.